The first-order chi connectivity index (χ1) is 9.89. The number of hydrogen-bond donors (Lipinski definition) is 1. The fourth-order valence-corrected chi connectivity index (χ4v) is 1.73. The summed E-state index contributed by atoms with van der Waals surface area (Å²) >= 11 is 0. The van der Waals surface area contributed by atoms with Crippen LogP contribution in [0, 0.1) is 0 Å². The number of carbonyl (C=O) groups excluding carboxylic acids is 1. The van der Waals surface area contributed by atoms with E-state index >= 15 is 0 Å². The zero-order valence-electron chi connectivity index (χ0n) is 10.8. The number of ketones is 1. The Morgan fingerprint density at radius 2 is 2.14 bits per heavy atom. The number of halogens is 3. The molecule has 0 aliphatic rings. The van der Waals surface area contributed by atoms with E-state index in [2.05, 4.69) is 9.72 Å². The third-order valence-electron chi connectivity index (χ3n) is 2.58. The zero-order chi connectivity index (χ0) is 15.5. The Hall–Kier alpha value is -2.35. The van der Waals surface area contributed by atoms with E-state index in [1.165, 1.54) is 24.7 Å². The van der Waals surface area contributed by atoms with Gasteiger partial charge in [-0.05, 0) is 12.1 Å². The first kappa shape index (κ1) is 15.0. The van der Waals surface area contributed by atoms with Crippen LogP contribution in [0.25, 0.3) is 0 Å². The normalized spacial score (nSPS) is 11.4. The maximum absolute atomic E-state index is 12.2. The van der Waals surface area contributed by atoms with E-state index in [1.807, 2.05) is 0 Å². The van der Waals surface area contributed by atoms with Crippen molar-refractivity contribution in [1.29, 1.82) is 0 Å². The number of benzene rings is 1. The predicted molar refractivity (Wildman–Crippen MR) is 67.8 cm³/mol. The third-order valence-corrected chi connectivity index (χ3v) is 2.58. The summed E-state index contributed by atoms with van der Waals surface area (Å²) in [7, 11) is 0. The predicted octanol–water partition coefficient (Wildman–Crippen LogP) is 1.97. The van der Waals surface area contributed by atoms with Crippen LogP contribution in [0.1, 0.15) is 16.1 Å². The fraction of sp³-hybridized carbons (Fsp3) is 0.231. The molecule has 21 heavy (non-hydrogen) atoms. The Morgan fingerprint density at radius 1 is 1.38 bits per heavy atom. The van der Waals surface area contributed by atoms with Gasteiger partial charge in [-0.3, -0.25) is 4.79 Å². The van der Waals surface area contributed by atoms with Gasteiger partial charge >= 0.3 is 6.36 Å². The summed E-state index contributed by atoms with van der Waals surface area (Å²) in [5.41, 5.74) is 5.58. The van der Waals surface area contributed by atoms with Crippen LogP contribution in [0.3, 0.4) is 0 Å². The van der Waals surface area contributed by atoms with Crippen molar-refractivity contribution in [2.45, 2.75) is 12.9 Å². The summed E-state index contributed by atoms with van der Waals surface area (Å²) in [6.07, 6.45) is -1.87. The molecule has 0 saturated heterocycles. The lowest BCUT2D eigenvalue weighted by Gasteiger charge is -2.09. The molecule has 1 heterocycles. The standard InChI is InChI=1S/C13H12F3N3O2/c14-13(15,16)21-10-3-1-2-9(6-10)12(20)11-7-19(5-4-17)8-18-11/h1-3,6-8H,4-5,17H2. The van der Waals surface area contributed by atoms with Crippen molar-refractivity contribution in [2.24, 2.45) is 5.73 Å². The van der Waals surface area contributed by atoms with Crippen LogP contribution in [0.2, 0.25) is 0 Å². The zero-order valence-corrected chi connectivity index (χ0v) is 10.8. The highest BCUT2D eigenvalue weighted by molar-refractivity contribution is 6.07. The van der Waals surface area contributed by atoms with E-state index in [0.29, 0.717) is 13.1 Å². The minimum absolute atomic E-state index is 0.0646. The summed E-state index contributed by atoms with van der Waals surface area (Å²) in [5, 5.41) is 0. The van der Waals surface area contributed by atoms with Crippen molar-refractivity contribution in [1.82, 2.24) is 9.55 Å². The van der Waals surface area contributed by atoms with Crippen LogP contribution in [0.15, 0.2) is 36.8 Å². The quantitative estimate of drug-likeness (QED) is 0.857. The lowest BCUT2D eigenvalue weighted by atomic mass is 10.1. The van der Waals surface area contributed by atoms with Gasteiger partial charge in [0, 0.05) is 24.8 Å². The number of carbonyl (C=O) groups is 1. The lowest BCUT2D eigenvalue weighted by Crippen LogP contribution is -2.17. The van der Waals surface area contributed by atoms with Crippen molar-refractivity contribution >= 4 is 5.78 Å². The molecule has 0 aliphatic carbocycles. The molecule has 8 heteroatoms. The largest absolute Gasteiger partial charge is 0.573 e. The maximum Gasteiger partial charge on any atom is 0.573 e. The number of rotatable bonds is 5. The Labute approximate surface area is 118 Å². The van der Waals surface area contributed by atoms with Gasteiger partial charge in [-0.2, -0.15) is 0 Å². The molecule has 0 spiro atoms. The molecule has 0 saturated carbocycles. The first-order valence-electron chi connectivity index (χ1n) is 6.01. The number of imidazole rings is 1. The monoisotopic (exact) mass is 299 g/mol. The van der Waals surface area contributed by atoms with Crippen molar-refractivity contribution < 1.29 is 22.7 Å². The summed E-state index contributed by atoms with van der Waals surface area (Å²) in [6, 6.07) is 4.85. The van der Waals surface area contributed by atoms with Crippen LogP contribution in [0.5, 0.6) is 5.75 Å². The van der Waals surface area contributed by atoms with Gasteiger partial charge in [-0.15, -0.1) is 13.2 Å². The fourth-order valence-electron chi connectivity index (χ4n) is 1.73. The number of nitrogens with two attached hydrogens (primary N) is 1. The molecule has 2 N–H and O–H groups in total. The molecule has 0 atom stereocenters. The summed E-state index contributed by atoms with van der Waals surface area (Å²) in [5.74, 6) is -0.937. The lowest BCUT2D eigenvalue weighted by molar-refractivity contribution is -0.274. The molecule has 0 radical (unpaired) electrons. The van der Waals surface area contributed by atoms with Gasteiger partial charge in [-0.1, -0.05) is 12.1 Å². The second-order valence-corrected chi connectivity index (χ2v) is 4.19. The molecule has 112 valence electrons. The number of nitrogens with zero attached hydrogens (tertiary/aromatic N) is 2. The third kappa shape index (κ3) is 4.06. The molecular formula is C13H12F3N3O2. The SMILES string of the molecule is NCCn1cnc(C(=O)c2cccc(OC(F)(F)F)c2)c1. The highest BCUT2D eigenvalue weighted by Crippen LogP contribution is 2.24. The molecular weight excluding hydrogens is 287 g/mol. The van der Waals surface area contributed by atoms with Crippen LogP contribution < -0.4 is 10.5 Å². The van der Waals surface area contributed by atoms with E-state index in [-0.39, 0.29) is 11.3 Å². The van der Waals surface area contributed by atoms with Gasteiger partial charge in [0.15, 0.2) is 0 Å². The summed E-state index contributed by atoms with van der Waals surface area (Å²) in [6.45, 7) is 0.885. The smallest absolute Gasteiger partial charge is 0.406 e. The number of hydrogen-bond acceptors (Lipinski definition) is 4. The van der Waals surface area contributed by atoms with E-state index in [0.717, 1.165) is 12.1 Å². The molecule has 0 amide bonds. The van der Waals surface area contributed by atoms with Gasteiger partial charge in [0.05, 0.1) is 6.33 Å². The Kier molecular flexibility index (Phi) is 4.27. The van der Waals surface area contributed by atoms with Crippen molar-refractivity contribution in [2.75, 3.05) is 6.54 Å². The summed E-state index contributed by atoms with van der Waals surface area (Å²) < 4.78 is 41.9. The van der Waals surface area contributed by atoms with Crippen LogP contribution in [-0.2, 0) is 6.54 Å². The molecule has 1 aromatic carbocycles. The highest BCUT2D eigenvalue weighted by Gasteiger charge is 2.31. The van der Waals surface area contributed by atoms with Crippen LogP contribution >= 0.6 is 0 Å². The summed E-state index contributed by atoms with van der Waals surface area (Å²) in [4.78, 5) is 16.0. The first-order valence-corrected chi connectivity index (χ1v) is 6.01. The maximum atomic E-state index is 12.2. The molecule has 0 aliphatic heterocycles. The second-order valence-electron chi connectivity index (χ2n) is 4.19. The van der Waals surface area contributed by atoms with Gasteiger partial charge in [0.25, 0.3) is 0 Å². The molecule has 5 nitrogen and oxygen atoms in total. The van der Waals surface area contributed by atoms with Gasteiger partial charge in [-0.25, -0.2) is 4.98 Å². The van der Waals surface area contributed by atoms with Gasteiger partial charge in [0.1, 0.15) is 11.4 Å². The number of alkyl halides is 3. The topological polar surface area (TPSA) is 70.1 Å². The van der Waals surface area contributed by atoms with E-state index < -0.39 is 17.9 Å². The molecule has 0 bridgehead atoms. The van der Waals surface area contributed by atoms with E-state index in [9.17, 15) is 18.0 Å². The van der Waals surface area contributed by atoms with Gasteiger partial charge in [0.2, 0.25) is 5.78 Å². The molecule has 2 rings (SSSR count). The van der Waals surface area contributed by atoms with Gasteiger partial charge < -0.3 is 15.0 Å². The number of aromatic nitrogens is 2. The van der Waals surface area contributed by atoms with Crippen molar-refractivity contribution in [3.63, 3.8) is 0 Å². The molecule has 1 aromatic heterocycles. The second kappa shape index (κ2) is 5.96. The average molecular weight is 299 g/mol. The Bertz CT molecular complexity index is 638. The minimum atomic E-state index is -4.80. The van der Waals surface area contributed by atoms with Crippen LogP contribution in [-0.4, -0.2) is 28.2 Å². The average Bonchev–Trinajstić information content (AvgIpc) is 2.85. The van der Waals surface area contributed by atoms with Crippen molar-refractivity contribution in [3.8, 4) is 5.75 Å². The van der Waals surface area contributed by atoms with E-state index in [1.54, 1.807) is 4.57 Å². The number of ether oxygens (including phenoxy) is 1. The van der Waals surface area contributed by atoms with Crippen molar-refractivity contribution in [3.05, 3.63) is 48.0 Å². The van der Waals surface area contributed by atoms with Crippen LogP contribution in [0.4, 0.5) is 13.2 Å². The highest BCUT2D eigenvalue weighted by atomic mass is 19.4. The van der Waals surface area contributed by atoms with E-state index in [4.69, 9.17) is 5.73 Å². The Morgan fingerprint density at radius 3 is 2.81 bits per heavy atom. The molecule has 0 unspecified atom stereocenters. The molecule has 2 aromatic rings. The Balaban J connectivity index is 2.20. The molecule has 0 fully saturated rings. The minimum Gasteiger partial charge on any atom is -0.406 e.